The lowest BCUT2D eigenvalue weighted by atomic mass is 10.2. The van der Waals surface area contributed by atoms with Gasteiger partial charge in [0.1, 0.15) is 11.6 Å². The van der Waals surface area contributed by atoms with E-state index in [2.05, 4.69) is 5.32 Å². The van der Waals surface area contributed by atoms with E-state index in [-0.39, 0.29) is 11.7 Å². The average molecular weight is 368 g/mol. The Bertz CT molecular complexity index is 666. The molecule has 1 amide bonds. The molecule has 1 N–H and O–H groups in total. The third-order valence-electron chi connectivity index (χ3n) is 3.20. The quantitative estimate of drug-likeness (QED) is 0.707. The van der Waals surface area contributed by atoms with Crippen LogP contribution >= 0.6 is 23.4 Å². The Kier molecular flexibility index (Phi) is 7.40. The lowest BCUT2D eigenvalue weighted by molar-refractivity contribution is -0.127. The molecule has 0 saturated heterocycles. The van der Waals surface area contributed by atoms with E-state index in [1.165, 1.54) is 24.3 Å². The molecule has 0 saturated carbocycles. The van der Waals surface area contributed by atoms with E-state index in [0.717, 1.165) is 22.1 Å². The molecule has 1 atom stereocenters. The van der Waals surface area contributed by atoms with Crippen LogP contribution in [0, 0.1) is 5.82 Å². The number of halogens is 2. The average Bonchev–Trinajstić information content (AvgIpc) is 2.56. The molecular weight excluding hydrogens is 349 g/mol. The third-order valence-corrected chi connectivity index (χ3v) is 4.46. The van der Waals surface area contributed by atoms with Gasteiger partial charge in [0.25, 0.3) is 5.91 Å². The zero-order chi connectivity index (χ0) is 17.4. The Balaban J connectivity index is 1.64. The molecule has 0 fully saturated rings. The molecule has 2 aromatic carbocycles. The van der Waals surface area contributed by atoms with Gasteiger partial charge >= 0.3 is 0 Å². The Morgan fingerprint density at radius 3 is 2.75 bits per heavy atom. The molecule has 2 aromatic rings. The number of benzene rings is 2. The van der Waals surface area contributed by atoms with Gasteiger partial charge in [-0.25, -0.2) is 4.39 Å². The minimum absolute atomic E-state index is 0.192. The molecule has 0 bridgehead atoms. The first-order chi connectivity index (χ1) is 11.5. The van der Waals surface area contributed by atoms with Gasteiger partial charge in [0, 0.05) is 23.1 Å². The number of nitrogens with one attached hydrogen (secondary N) is 1. The van der Waals surface area contributed by atoms with Gasteiger partial charge in [-0.15, -0.1) is 0 Å². The molecular formula is C18H19ClFNO2S. The van der Waals surface area contributed by atoms with Gasteiger partial charge < -0.3 is 10.1 Å². The molecule has 0 aromatic heterocycles. The third kappa shape index (κ3) is 6.42. The summed E-state index contributed by atoms with van der Waals surface area (Å²) in [6.45, 7) is 2.22. The second kappa shape index (κ2) is 9.55. The van der Waals surface area contributed by atoms with E-state index in [1.807, 2.05) is 24.3 Å². The maximum atomic E-state index is 12.8. The van der Waals surface area contributed by atoms with Gasteiger partial charge in [-0.2, -0.15) is 11.8 Å². The first-order valence-electron chi connectivity index (χ1n) is 7.57. The van der Waals surface area contributed by atoms with Crippen molar-refractivity contribution in [3.8, 4) is 5.75 Å². The number of rotatable bonds is 8. The van der Waals surface area contributed by atoms with Gasteiger partial charge in [-0.1, -0.05) is 23.7 Å². The maximum absolute atomic E-state index is 12.8. The molecule has 2 rings (SSSR count). The molecule has 0 heterocycles. The van der Waals surface area contributed by atoms with Gasteiger partial charge in [0.15, 0.2) is 6.10 Å². The van der Waals surface area contributed by atoms with E-state index in [9.17, 15) is 9.18 Å². The lowest BCUT2D eigenvalue weighted by Crippen LogP contribution is -2.37. The van der Waals surface area contributed by atoms with E-state index in [1.54, 1.807) is 18.7 Å². The highest BCUT2D eigenvalue weighted by atomic mass is 35.5. The van der Waals surface area contributed by atoms with Gasteiger partial charge in [0.2, 0.25) is 0 Å². The van der Waals surface area contributed by atoms with Crippen LogP contribution in [-0.4, -0.2) is 24.3 Å². The van der Waals surface area contributed by atoms with E-state index in [0.29, 0.717) is 12.3 Å². The largest absolute Gasteiger partial charge is 0.481 e. The summed E-state index contributed by atoms with van der Waals surface area (Å²) in [5.74, 6) is 1.58. The predicted octanol–water partition coefficient (Wildman–Crippen LogP) is 4.30. The number of hydrogen-bond acceptors (Lipinski definition) is 3. The Hall–Kier alpha value is -1.72. The molecule has 0 aliphatic rings. The molecule has 0 radical (unpaired) electrons. The van der Waals surface area contributed by atoms with Crippen molar-refractivity contribution in [1.29, 1.82) is 0 Å². The van der Waals surface area contributed by atoms with Crippen LogP contribution < -0.4 is 10.1 Å². The predicted molar refractivity (Wildman–Crippen MR) is 97.1 cm³/mol. The van der Waals surface area contributed by atoms with Gasteiger partial charge in [-0.3, -0.25) is 4.79 Å². The second-order valence-corrected chi connectivity index (χ2v) is 6.73. The van der Waals surface area contributed by atoms with Crippen LogP contribution in [0.2, 0.25) is 5.02 Å². The summed E-state index contributed by atoms with van der Waals surface area (Å²) in [4.78, 5) is 12.0. The van der Waals surface area contributed by atoms with E-state index in [4.69, 9.17) is 16.3 Å². The minimum atomic E-state index is -0.631. The summed E-state index contributed by atoms with van der Waals surface area (Å²) < 4.78 is 18.3. The summed E-state index contributed by atoms with van der Waals surface area (Å²) in [6, 6.07) is 13.3. The van der Waals surface area contributed by atoms with Crippen molar-refractivity contribution >= 4 is 29.3 Å². The summed E-state index contributed by atoms with van der Waals surface area (Å²) in [5, 5.41) is 3.56. The summed E-state index contributed by atoms with van der Waals surface area (Å²) in [5.41, 5.74) is 1.16. The van der Waals surface area contributed by atoms with Crippen LogP contribution in [-0.2, 0) is 10.5 Å². The Labute approximate surface area is 150 Å². The number of amides is 1. The van der Waals surface area contributed by atoms with Crippen molar-refractivity contribution < 1.29 is 13.9 Å². The molecule has 0 spiro atoms. The molecule has 128 valence electrons. The van der Waals surface area contributed by atoms with Crippen molar-refractivity contribution in [3.63, 3.8) is 0 Å². The zero-order valence-corrected chi connectivity index (χ0v) is 14.9. The van der Waals surface area contributed by atoms with Crippen LogP contribution in [0.4, 0.5) is 4.39 Å². The molecule has 3 nitrogen and oxygen atoms in total. The molecule has 0 aliphatic carbocycles. The van der Waals surface area contributed by atoms with Crippen LogP contribution in [0.25, 0.3) is 0 Å². The Morgan fingerprint density at radius 1 is 1.29 bits per heavy atom. The highest BCUT2D eigenvalue weighted by Crippen LogP contribution is 2.16. The first kappa shape index (κ1) is 18.6. The van der Waals surface area contributed by atoms with Crippen LogP contribution in [0.1, 0.15) is 12.5 Å². The normalized spacial score (nSPS) is 11.8. The zero-order valence-electron chi connectivity index (χ0n) is 13.3. The topological polar surface area (TPSA) is 38.3 Å². The van der Waals surface area contributed by atoms with Crippen LogP contribution in [0.5, 0.6) is 5.75 Å². The SMILES string of the molecule is C[C@H](Oc1ccc(F)cc1)C(=O)NCCSCc1cccc(Cl)c1. The number of carbonyl (C=O) groups excluding carboxylic acids is 1. The number of ether oxygens (including phenoxy) is 1. The van der Waals surface area contributed by atoms with Gasteiger partial charge in [0.05, 0.1) is 0 Å². The number of hydrogen-bond donors (Lipinski definition) is 1. The summed E-state index contributed by atoms with van der Waals surface area (Å²) in [7, 11) is 0. The number of carbonyl (C=O) groups is 1. The summed E-state index contributed by atoms with van der Waals surface area (Å²) in [6.07, 6.45) is -0.631. The minimum Gasteiger partial charge on any atom is -0.481 e. The maximum Gasteiger partial charge on any atom is 0.260 e. The molecule has 24 heavy (non-hydrogen) atoms. The molecule has 6 heteroatoms. The molecule has 0 unspecified atom stereocenters. The van der Waals surface area contributed by atoms with Crippen molar-refractivity contribution in [2.24, 2.45) is 0 Å². The van der Waals surface area contributed by atoms with Crippen molar-refractivity contribution in [2.45, 2.75) is 18.8 Å². The van der Waals surface area contributed by atoms with Crippen molar-refractivity contribution in [1.82, 2.24) is 5.32 Å². The lowest BCUT2D eigenvalue weighted by Gasteiger charge is -2.14. The highest BCUT2D eigenvalue weighted by molar-refractivity contribution is 7.98. The van der Waals surface area contributed by atoms with Crippen molar-refractivity contribution in [3.05, 3.63) is 64.9 Å². The fourth-order valence-electron chi connectivity index (χ4n) is 1.98. The van der Waals surface area contributed by atoms with E-state index < -0.39 is 6.10 Å². The van der Waals surface area contributed by atoms with E-state index >= 15 is 0 Å². The second-order valence-electron chi connectivity index (χ2n) is 5.19. The fourth-order valence-corrected chi connectivity index (χ4v) is 3.00. The molecule has 0 aliphatic heterocycles. The van der Waals surface area contributed by atoms with Crippen molar-refractivity contribution in [2.75, 3.05) is 12.3 Å². The first-order valence-corrected chi connectivity index (χ1v) is 9.10. The highest BCUT2D eigenvalue weighted by Gasteiger charge is 2.13. The Morgan fingerprint density at radius 2 is 2.04 bits per heavy atom. The smallest absolute Gasteiger partial charge is 0.260 e. The summed E-state index contributed by atoms with van der Waals surface area (Å²) >= 11 is 7.65. The number of thioether (sulfide) groups is 1. The standard InChI is InChI=1S/C18H19ClFNO2S/c1-13(23-17-7-5-16(20)6-8-17)18(22)21-9-10-24-12-14-3-2-4-15(19)11-14/h2-8,11,13H,9-10,12H2,1H3,(H,21,22)/t13-/m0/s1. The monoisotopic (exact) mass is 367 g/mol. The van der Waals surface area contributed by atoms with Crippen LogP contribution in [0.3, 0.4) is 0 Å². The van der Waals surface area contributed by atoms with Gasteiger partial charge in [-0.05, 0) is 48.9 Å². The van der Waals surface area contributed by atoms with Crippen LogP contribution in [0.15, 0.2) is 48.5 Å². The fraction of sp³-hybridized carbons (Fsp3) is 0.278.